The number of ether oxygens (including phenoxy) is 1. The van der Waals surface area contributed by atoms with Crippen molar-refractivity contribution in [2.24, 2.45) is 0 Å². The van der Waals surface area contributed by atoms with E-state index in [-0.39, 0.29) is 11.7 Å². The van der Waals surface area contributed by atoms with Gasteiger partial charge in [-0.1, -0.05) is 12.8 Å². The maximum absolute atomic E-state index is 9.97. The average Bonchev–Trinajstić information content (AvgIpc) is 2.92. The molecule has 2 saturated carbocycles. The van der Waals surface area contributed by atoms with Crippen LogP contribution in [0.25, 0.3) is 0 Å². The first-order valence-electron chi connectivity index (χ1n) is 7.35. The molecule has 2 N–H and O–H groups in total. The normalized spacial score (nSPS) is 33.4. The first-order valence-corrected chi connectivity index (χ1v) is 7.35. The van der Waals surface area contributed by atoms with Crippen molar-refractivity contribution in [2.75, 3.05) is 6.54 Å². The molecule has 2 unspecified atom stereocenters. The van der Waals surface area contributed by atoms with Crippen LogP contribution in [0.3, 0.4) is 0 Å². The molecule has 3 rings (SSSR count). The second-order valence-corrected chi connectivity index (χ2v) is 6.24. The van der Waals surface area contributed by atoms with Gasteiger partial charge in [0.1, 0.15) is 0 Å². The molecule has 1 aliphatic heterocycles. The summed E-state index contributed by atoms with van der Waals surface area (Å²) in [5.41, 5.74) is 0.217. The van der Waals surface area contributed by atoms with Gasteiger partial charge >= 0.3 is 0 Å². The van der Waals surface area contributed by atoms with E-state index in [0.717, 1.165) is 19.4 Å². The first kappa shape index (κ1) is 11.9. The van der Waals surface area contributed by atoms with Crippen LogP contribution in [0.15, 0.2) is 0 Å². The molecule has 0 aromatic carbocycles. The maximum atomic E-state index is 9.97. The number of hydrogen-bond acceptors (Lipinski definition) is 3. The smallest absolute Gasteiger partial charge is 0.0689 e. The molecule has 3 heteroatoms. The Morgan fingerprint density at radius 3 is 2.65 bits per heavy atom. The van der Waals surface area contributed by atoms with Crippen LogP contribution in [0.4, 0.5) is 0 Å². The van der Waals surface area contributed by atoms with E-state index in [0.29, 0.717) is 12.1 Å². The molecular formula is C14H25NO2. The molecule has 3 nitrogen and oxygen atoms in total. The lowest BCUT2D eigenvalue weighted by Gasteiger charge is -2.24. The third-order valence-corrected chi connectivity index (χ3v) is 4.61. The SMILES string of the molecule is OC(CNC1CC1)CC1CCC2(CCCC2)O1. The van der Waals surface area contributed by atoms with E-state index in [1.807, 2.05) is 0 Å². The lowest BCUT2D eigenvalue weighted by molar-refractivity contribution is -0.0518. The van der Waals surface area contributed by atoms with Crippen molar-refractivity contribution in [3.8, 4) is 0 Å². The van der Waals surface area contributed by atoms with Gasteiger partial charge in [0.25, 0.3) is 0 Å². The molecule has 1 saturated heterocycles. The standard InChI is InChI=1S/C14H25NO2/c16-12(10-15-11-3-4-11)9-13-5-8-14(17-13)6-1-2-7-14/h11-13,15-16H,1-10H2. The minimum atomic E-state index is -0.225. The van der Waals surface area contributed by atoms with E-state index in [9.17, 15) is 5.11 Å². The van der Waals surface area contributed by atoms with E-state index in [4.69, 9.17) is 4.74 Å². The molecule has 1 heterocycles. The number of rotatable bonds is 5. The number of hydrogen-bond donors (Lipinski definition) is 2. The third kappa shape index (κ3) is 3.01. The monoisotopic (exact) mass is 239 g/mol. The zero-order valence-electron chi connectivity index (χ0n) is 10.7. The number of nitrogens with one attached hydrogen (secondary N) is 1. The average molecular weight is 239 g/mol. The Labute approximate surface area is 104 Å². The van der Waals surface area contributed by atoms with Crippen molar-refractivity contribution in [3.05, 3.63) is 0 Å². The minimum Gasteiger partial charge on any atom is -0.392 e. The second-order valence-electron chi connectivity index (χ2n) is 6.24. The fourth-order valence-corrected chi connectivity index (χ4v) is 3.43. The van der Waals surface area contributed by atoms with Crippen LogP contribution in [0.1, 0.15) is 57.8 Å². The van der Waals surface area contributed by atoms with Crippen molar-refractivity contribution in [1.29, 1.82) is 0 Å². The third-order valence-electron chi connectivity index (χ3n) is 4.61. The Morgan fingerprint density at radius 2 is 1.94 bits per heavy atom. The molecule has 3 fully saturated rings. The Kier molecular flexibility index (Phi) is 3.42. The van der Waals surface area contributed by atoms with Crippen LogP contribution in [0, 0.1) is 0 Å². The second kappa shape index (κ2) is 4.87. The fraction of sp³-hybridized carbons (Fsp3) is 1.00. The predicted octanol–water partition coefficient (Wildman–Crippen LogP) is 1.98. The van der Waals surface area contributed by atoms with Crippen molar-refractivity contribution >= 4 is 0 Å². The molecule has 2 atom stereocenters. The highest BCUT2D eigenvalue weighted by molar-refractivity contribution is 4.93. The van der Waals surface area contributed by atoms with Gasteiger partial charge in [-0.05, 0) is 38.5 Å². The van der Waals surface area contributed by atoms with E-state index < -0.39 is 0 Å². The first-order chi connectivity index (χ1) is 8.26. The van der Waals surface area contributed by atoms with Gasteiger partial charge in [0, 0.05) is 19.0 Å². The lowest BCUT2D eigenvalue weighted by atomic mass is 9.98. The summed E-state index contributed by atoms with van der Waals surface area (Å²) in [5.74, 6) is 0. The highest BCUT2D eigenvalue weighted by atomic mass is 16.5. The summed E-state index contributed by atoms with van der Waals surface area (Å²) in [6.45, 7) is 0.748. The lowest BCUT2D eigenvalue weighted by Crippen LogP contribution is -2.32. The Bertz CT molecular complexity index is 259. The molecule has 0 aromatic rings. The molecule has 98 valence electrons. The maximum Gasteiger partial charge on any atom is 0.0689 e. The molecule has 0 radical (unpaired) electrons. The van der Waals surface area contributed by atoms with E-state index in [1.54, 1.807) is 0 Å². The minimum absolute atomic E-state index is 0.217. The molecule has 17 heavy (non-hydrogen) atoms. The summed E-state index contributed by atoms with van der Waals surface area (Å²) in [4.78, 5) is 0. The van der Waals surface area contributed by atoms with Crippen LogP contribution in [0.5, 0.6) is 0 Å². The van der Waals surface area contributed by atoms with Crippen molar-refractivity contribution < 1.29 is 9.84 Å². The molecular weight excluding hydrogens is 214 g/mol. The number of aliphatic hydroxyl groups excluding tert-OH is 1. The summed E-state index contributed by atoms with van der Waals surface area (Å²) >= 11 is 0. The Balaban J connectivity index is 1.39. The van der Waals surface area contributed by atoms with Gasteiger partial charge in [-0.15, -0.1) is 0 Å². The zero-order valence-corrected chi connectivity index (χ0v) is 10.7. The highest BCUT2D eigenvalue weighted by Crippen LogP contribution is 2.44. The van der Waals surface area contributed by atoms with Crippen LogP contribution in [-0.2, 0) is 4.74 Å². The Hall–Kier alpha value is -0.120. The van der Waals surface area contributed by atoms with Crippen molar-refractivity contribution in [2.45, 2.75) is 81.6 Å². The van der Waals surface area contributed by atoms with Crippen LogP contribution < -0.4 is 5.32 Å². The van der Waals surface area contributed by atoms with Gasteiger partial charge in [0.2, 0.25) is 0 Å². The molecule has 1 spiro atoms. The van der Waals surface area contributed by atoms with Crippen LogP contribution >= 0.6 is 0 Å². The van der Waals surface area contributed by atoms with Gasteiger partial charge in [0.15, 0.2) is 0 Å². The topological polar surface area (TPSA) is 41.5 Å². The molecule has 0 amide bonds. The van der Waals surface area contributed by atoms with Crippen molar-refractivity contribution in [3.63, 3.8) is 0 Å². The fourth-order valence-electron chi connectivity index (χ4n) is 3.43. The van der Waals surface area contributed by atoms with E-state index in [1.165, 1.54) is 44.9 Å². The summed E-state index contributed by atoms with van der Waals surface area (Å²) in [6, 6.07) is 0.690. The van der Waals surface area contributed by atoms with Gasteiger partial charge in [-0.25, -0.2) is 0 Å². The van der Waals surface area contributed by atoms with Crippen LogP contribution in [0.2, 0.25) is 0 Å². The van der Waals surface area contributed by atoms with Gasteiger partial charge in [0.05, 0.1) is 17.8 Å². The molecule has 2 aliphatic carbocycles. The zero-order chi connectivity index (χ0) is 11.7. The van der Waals surface area contributed by atoms with Gasteiger partial charge in [-0.3, -0.25) is 0 Å². The van der Waals surface area contributed by atoms with E-state index >= 15 is 0 Å². The van der Waals surface area contributed by atoms with Gasteiger partial charge < -0.3 is 15.2 Å². The van der Waals surface area contributed by atoms with Crippen molar-refractivity contribution in [1.82, 2.24) is 5.32 Å². The highest BCUT2D eigenvalue weighted by Gasteiger charge is 2.42. The van der Waals surface area contributed by atoms with Gasteiger partial charge in [-0.2, -0.15) is 0 Å². The van der Waals surface area contributed by atoms with Crippen LogP contribution in [-0.4, -0.2) is 35.5 Å². The summed E-state index contributed by atoms with van der Waals surface area (Å²) in [5, 5.41) is 13.4. The molecule has 3 aliphatic rings. The summed E-state index contributed by atoms with van der Waals surface area (Å²) in [6.07, 6.45) is 11.0. The molecule has 0 bridgehead atoms. The van der Waals surface area contributed by atoms with E-state index in [2.05, 4.69) is 5.32 Å². The predicted molar refractivity (Wildman–Crippen MR) is 67.0 cm³/mol. The Morgan fingerprint density at radius 1 is 1.18 bits per heavy atom. The quantitative estimate of drug-likeness (QED) is 0.771. The summed E-state index contributed by atoms with van der Waals surface area (Å²) in [7, 11) is 0. The summed E-state index contributed by atoms with van der Waals surface area (Å²) < 4.78 is 6.22. The number of aliphatic hydroxyl groups is 1. The molecule has 0 aromatic heterocycles. The largest absolute Gasteiger partial charge is 0.392 e.